The minimum Gasteiger partial charge on any atom is -0.496 e. The van der Waals surface area contributed by atoms with Gasteiger partial charge in [-0.1, -0.05) is 42.5 Å². The number of benzene rings is 3. The molecule has 0 atom stereocenters. The maximum absolute atomic E-state index is 13.1. The molecular weight excluding hydrogens is 392 g/mol. The molecule has 0 spiro atoms. The number of carbonyl (C=O) groups excluding carboxylic acids is 2. The fourth-order valence-electron chi connectivity index (χ4n) is 4.14. The van der Waals surface area contributed by atoms with Gasteiger partial charge in [0.25, 0.3) is 11.8 Å². The Hall–Kier alpha value is -3.54. The monoisotopic (exact) mass is 418 g/mol. The number of methoxy groups -OCH3 is 2. The lowest BCUT2D eigenvalue weighted by molar-refractivity contribution is 0.0699. The summed E-state index contributed by atoms with van der Waals surface area (Å²) in [6.07, 6.45) is 1.39. The summed E-state index contributed by atoms with van der Waals surface area (Å²) < 4.78 is 10.7. The first-order valence-electron chi connectivity index (χ1n) is 10.4. The van der Waals surface area contributed by atoms with E-state index < -0.39 is 0 Å². The van der Waals surface area contributed by atoms with Crippen LogP contribution in [0.1, 0.15) is 33.6 Å². The highest BCUT2D eigenvalue weighted by atomic mass is 16.5. The molecule has 1 N–H and O–H groups in total. The molecule has 1 aliphatic heterocycles. The Morgan fingerprint density at radius 1 is 0.871 bits per heavy atom. The van der Waals surface area contributed by atoms with Crippen LogP contribution < -0.4 is 14.8 Å². The van der Waals surface area contributed by atoms with E-state index in [1.807, 2.05) is 47.4 Å². The summed E-state index contributed by atoms with van der Waals surface area (Å²) in [6.45, 7) is 1.19. The molecule has 0 radical (unpaired) electrons. The fraction of sp³-hybridized carbons (Fsp3) is 0.280. The van der Waals surface area contributed by atoms with Crippen molar-refractivity contribution in [1.82, 2.24) is 10.2 Å². The van der Waals surface area contributed by atoms with E-state index in [2.05, 4.69) is 5.32 Å². The minimum atomic E-state index is -0.229. The van der Waals surface area contributed by atoms with E-state index in [-0.39, 0.29) is 17.9 Å². The van der Waals surface area contributed by atoms with E-state index in [1.54, 1.807) is 18.2 Å². The molecule has 31 heavy (non-hydrogen) atoms. The van der Waals surface area contributed by atoms with Gasteiger partial charge in [-0.2, -0.15) is 0 Å². The summed E-state index contributed by atoms with van der Waals surface area (Å²) in [5, 5.41) is 5.10. The van der Waals surface area contributed by atoms with Crippen molar-refractivity contribution in [2.45, 2.75) is 18.9 Å². The number of nitrogens with zero attached hydrogens (tertiary/aromatic N) is 1. The van der Waals surface area contributed by atoms with Crippen LogP contribution in [0.4, 0.5) is 0 Å². The number of amides is 2. The molecule has 1 aliphatic rings. The maximum atomic E-state index is 13.1. The molecule has 6 heteroatoms. The average molecular weight is 418 g/mol. The van der Waals surface area contributed by atoms with Crippen LogP contribution in [0.15, 0.2) is 60.7 Å². The van der Waals surface area contributed by atoms with Gasteiger partial charge in [-0.25, -0.2) is 0 Å². The number of nitrogens with one attached hydrogen (secondary N) is 1. The van der Waals surface area contributed by atoms with Crippen LogP contribution in [0.3, 0.4) is 0 Å². The number of likely N-dealkylation sites (tertiary alicyclic amines) is 1. The molecule has 2 amide bonds. The molecule has 0 aromatic heterocycles. The third-order valence-corrected chi connectivity index (χ3v) is 5.79. The molecule has 0 aliphatic carbocycles. The molecule has 0 bridgehead atoms. The topological polar surface area (TPSA) is 67.9 Å². The third kappa shape index (κ3) is 4.19. The Morgan fingerprint density at radius 2 is 1.48 bits per heavy atom. The van der Waals surface area contributed by atoms with E-state index in [4.69, 9.17) is 9.47 Å². The minimum absolute atomic E-state index is 0.0151. The summed E-state index contributed by atoms with van der Waals surface area (Å²) in [5.74, 6) is 0.752. The first-order chi connectivity index (χ1) is 15.1. The Morgan fingerprint density at radius 3 is 2.16 bits per heavy atom. The van der Waals surface area contributed by atoms with E-state index in [9.17, 15) is 9.59 Å². The first-order valence-corrected chi connectivity index (χ1v) is 10.4. The number of hydrogen-bond donors (Lipinski definition) is 1. The normalized spacial score (nSPS) is 14.3. The van der Waals surface area contributed by atoms with E-state index >= 15 is 0 Å². The lowest BCUT2D eigenvalue weighted by Crippen LogP contribution is -2.46. The van der Waals surface area contributed by atoms with Gasteiger partial charge >= 0.3 is 0 Å². The van der Waals surface area contributed by atoms with Gasteiger partial charge < -0.3 is 19.7 Å². The second-order valence-electron chi connectivity index (χ2n) is 7.60. The van der Waals surface area contributed by atoms with Crippen LogP contribution in [0.2, 0.25) is 0 Å². The zero-order valence-electron chi connectivity index (χ0n) is 17.8. The van der Waals surface area contributed by atoms with Crippen molar-refractivity contribution in [1.29, 1.82) is 0 Å². The van der Waals surface area contributed by atoms with Gasteiger partial charge in [0.2, 0.25) is 0 Å². The number of piperidine rings is 1. The average Bonchev–Trinajstić information content (AvgIpc) is 2.83. The third-order valence-electron chi connectivity index (χ3n) is 5.79. The Labute approximate surface area is 181 Å². The van der Waals surface area contributed by atoms with Crippen LogP contribution in [-0.4, -0.2) is 50.1 Å². The summed E-state index contributed by atoms with van der Waals surface area (Å²) in [6, 6.07) is 19.0. The number of hydrogen-bond acceptors (Lipinski definition) is 4. The highest BCUT2D eigenvalue weighted by molar-refractivity contribution is 6.07. The number of carbonyl (C=O) groups is 2. The summed E-state index contributed by atoms with van der Waals surface area (Å²) >= 11 is 0. The number of ether oxygens (including phenoxy) is 2. The lowest BCUT2D eigenvalue weighted by Gasteiger charge is -2.33. The summed E-state index contributed by atoms with van der Waals surface area (Å²) in [5.41, 5.74) is 1.11. The maximum Gasteiger partial charge on any atom is 0.259 e. The van der Waals surface area contributed by atoms with Crippen molar-refractivity contribution < 1.29 is 19.1 Å². The van der Waals surface area contributed by atoms with Gasteiger partial charge in [-0.15, -0.1) is 0 Å². The second-order valence-corrected chi connectivity index (χ2v) is 7.60. The van der Waals surface area contributed by atoms with Crippen molar-refractivity contribution >= 4 is 22.6 Å². The van der Waals surface area contributed by atoms with Gasteiger partial charge in [0.15, 0.2) is 0 Å². The zero-order valence-corrected chi connectivity index (χ0v) is 17.8. The van der Waals surface area contributed by atoms with E-state index in [1.165, 1.54) is 14.2 Å². The van der Waals surface area contributed by atoms with Gasteiger partial charge in [0, 0.05) is 24.7 Å². The molecule has 3 aromatic rings. The van der Waals surface area contributed by atoms with Gasteiger partial charge in [-0.3, -0.25) is 9.59 Å². The van der Waals surface area contributed by atoms with Crippen LogP contribution >= 0.6 is 0 Å². The molecular formula is C25H26N2O4. The SMILES string of the molecule is COc1cccc(OC)c1C(=O)NC1CCN(C(=O)c2cccc3ccccc23)CC1. The molecule has 1 fully saturated rings. The highest BCUT2D eigenvalue weighted by Crippen LogP contribution is 2.28. The smallest absolute Gasteiger partial charge is 0.259 e. The van der Waals surface area contributed by atoms with Gasteiger partial charge in [0.05, 0.1) is 14.2 Å². The largest absolute Gasteiger partial charge is 0.496 e. The highest BCUT2D eigenvalue weighted by Gasteiger charge is 2.27. The predicted molar refractivity (Wildman–Crippen MR) is 120 cm³/mol. The molecule has 6 nitrogen and oxygen atoms in total. The van der Waals surface area contributed by atoms with Crippen molar-refractivity contribution in [2.24, 2.45) is 0 Å². The van der Waals surface area contributed by atoms with Crippen LogP contribution in [0, 0.1) is 0 Å². The first kappa shape index (κ1) is 20.7. The van der Waals surface area contributed by atoms with Crippen LogP contribution in [0.25, 0.3) is 10.8 Å². The van der Waals surface area contributed by atoms with Crippen LogP contribution in [-0.2, 0) is 0 Å². The van der Waals surface area contributed by atoms with Crippen molar-refractivity contribution in [3.63, 3.8) is 0 Å². The van der Waals surface area contributed by atoms with Crippen LogP contribution in [0.5, 0.6) is 11.5 Å². The molecule has 3 aromatic carbocycles. The molecule has 0 unspecified atom stereocenters. The second kappa shape index (κ2) is 9.08. The van der Waals surface area contributed by atoms with Crippen molar-refractivity contribution in [2.75, 3.05) is 27.3 Å². The predicted octanol–water partition coefficient (Wildman–Crippen LogP) is 3.89. The molecule has 1 heterocycles. The van der Waals surface area contributed by atoms with Crippen molar-refractivity contribution in [3.05, 3.63) is 71.8 Å². The van der Waals surface area contributed by atoms with Gasteiger partial charge in [0.1, 0.15) is 17.1 Å². The summed E-state index contributed by atoms with van der Waals surface area (Å²) in [4.78, 5) is 27.9. The number of fused-ring (bicyclic) bond motifs is 1. The molecule has 4 rings (SSSR count). The molecule has 1 saturated heterocycles. The quantitative estimate of drug-likeness (QED) is 0.683. The van der Waals surface area contributed by atoms with Crippen molar-refractivity contribution in [3.8, 4) is 11.5 Å². The fourth-order valence-corrected chi connectivity index (χ4v) is 4.14. The number of rotatable bonds is 5. The van der Waals surface area contributed by atoms with E-state index in [0.29, 0.717) is 43.0 Å². The molecule has 160 valence electrons. The van der Waals surface area contributed by atoms with Gasteiger partial charge in [-0.05, 0) is 41.8 Å². The zero-order chi connectivity index (χ0) is 21.8. The summed E-state index contributed by atoms with van der Waals surface area (Å²) in [7, 11) is 3.06. The Balaban J connectivity index is 1.42. The molecule has 0 saturated carbocycles. The Bertz CT molecular complexity index is 1080. The lowest BCUT2D eigenvalue weighted by atomic mass is 10.0. The van der Waals surface area contributed by atoms with E-state index in [0.717, 1.165) is 16.3 Å². The Kier molecular flexibility index (Phi) is 6.07. The standard InChI is InChI=1S/C25H26N2O4/c1-30-21-11-6-12-22(31-2)23(21)24(28)26-18-13-15-27(16-14-18)25(29)20-10-5-8-17-7-3-4-9-19(17)20/h3-12,18H,13-16H2,1-2H3,(H,26,28).